The fourth-order valence-corrected chi connectivity index (χ4v) is 0.896. The summed E-state index contributed by atoms with van der Waals surface area (Å²) >= 11 is 2.86. The molecule has 0 aromatic carbocycles. The first kappa shape index (κ1) is 7.72. The van der Waals surface area contributed by atoms with Crippen LogP contribution < -0.4 is 5.32 Å². The maximum Gasteiger partial charge on any atom is 0.274 e. The molecule has 0 fully saturated rings. The maximum atomic E-state index is 12.1. The molecule has 1 aliphatic rings. The number of hydrogen-bond donors (Lipinski definition) is 1. The average Bonchev–Trinajstić information content (AvgIpc) is 1.89. The van der Waals surface area contributed by atoms with E-state index in [2.05, 4.69) is 21.2 Å². The summed E-state index contributed by atoms with van der Waals surface area (Å²) in [6.45, 7) is 0. The van der Waals surface area contributed by atoms with Crippen LogP contribution in [0.2, 0.25) is 0 Å². The normalized spacial score (nSPS) is 30.8. The summed E-state index contributed by atoms with van der Waals surface area (Å²) in [5.41, 5.74) is 0. The first-order valence-corrected chi connectivity index (χ1v) is 3.53. The second kappa shape index (κ2) is 2.70. The van der Waals surface area contributed by atoms with Gasteiger partial charge in [0.1, 0.15) is 0 Å². The van der Waals surface area contributed by atoms with Crippen molar-refractivity contribution in [2.45, 2.75) is 10.9 Å². The molecule has 56 valence electrons. The third-order valence-electron chi connectivity index (χ3n) is 1.17. The van der Waals surface area contributed by atoms with Gasteiger partial charge in [0.15, 0.2) is 4.45 Å². The van der Waals surface area contributed by atoms with Crippen LogP contribution in [0.3, 0.4) is 0 Å². The second-order valence-electron chi connectivity index (χ2n) is 1.93. The van der Waals surface area contributed by atoms with E-state index in [0.29, 0.717) is 0 Å². The van der Waals surface area contributed by atoms with Gasteiger partial charge in [-0.1, -0.05) is 22.0 Å². The first-order chi connectivity index (χ1) is 4.65. The lowest BCUT2D eigenvalue weighted by atomic mass is 10.2. The van der Waals surface area contributed by atoms with Gasteiger partial charge in [0.25, 0.3) is 6.43 Å². The molecule has 0 saturated carbocycles. The molecular weight excluding hydrogens is 204 g/mol. The molecule has 1 aliphatic heterocycles. The molecule has 1 unspecified atom stereocenters. The zero-order valence-corrected chi connectivity index (χ0v) is 6.61. The van der Waals surface area contributed by atoms with E-state index in [1.54, 1.807) is 12.2 Å². The second-order valence-corrected chi connectivity index (χ2v) is 3.24. The van der Waals surface area contributed by atoms with Crippen molar-refractivity contribution in [2.24, 2.45) is 0 Å². The highest BCUT2D eigenvalue weighted by atomic mass is 79.9. The van der Waals surface area contributed by atoms with Gasteiger partial charge in [-0.05, 0) is 18.4 Å². The van der Waals surface area contributed by atoms with Crippen LogP contribution in [0.1, 0.15) is 0 Å². The minimum atomic E-state index is -2.45. The summed E-state index contributed by atoms with van der Waals surface area (Å²) in [6, 6.07) is 0. The molecule has 1 heterocycles. The number of rotatable bonds is 1. The van der Waals surface area contributed by atoms with E-state index in [9.17, 15) is 8.78 Å². The van der Waals surface area contributed by atoms with Crippen LogP contribution in [0.4, 0.5) is 8.78 Å². The largest absolute Gasteiger partial charge is 0.368 e. The van der Waals surface area contributed by atoms with Crippen molar-refractivity contribution in [1.82, 2.24) is 5.32 Å². The minimum Gasteiger partial charge on any atom is -0.368 e. The molecule has 0 spiro atoms. The number of nitrogens with one attached hydrogen (secondary N) is 1. The molecule has 0 aromatic heterocycles. The van der Waals surface area contributed by atoms with Crippen molar-refractivity contribution in [3.8, 4) is 0 Å². The summed E-state index contributed by atoms with van der Waals surface area (Å²) in [7, 11) is 0. The van der Waals surface area contributed by atoms with Gasteiger partial charge in [-0.3, -0.25) is 0 Å². The minimum absolute atomic E-state index is 1.36. The lowest BCUT2D eigenvalue weighted by Crippen LogP contribution is -2.41. The van der Waals surface area contributed by atoms with E-state index in [1.807, 2.05) is 0 Å². The SMILES string of the molecule is FC(F)C1(Br)C=CC=CN1. The van der Waals surface area contributed by atoms with Crippen molar-refractivity contribution >= 4 is 15.9 Å². The van der Waals surface area contributed by atoms with E-state index >= 15 is 0 Å². The smallest absolute Gasteiger partial charge is 0.274 e. The molecule has 10 heavy (non-hydrogen) atoms. The summed E-state index contributed by atoms with van der Waals surface area (Å²) in [5.74, 6) is 0. The molecular formula is C6H6BrF2N. The highest BCUT2D eigenvalue weighted by Crippen LogP contribution is 2.26. The summed E-state index contributed by atoms with van der Waals surface area (Å²) in [5, 5.41) is 2.49. The molecule has 1 rings (SSSR count). The Morgan fingerprint density at radius 3 is 2.40 bits per heavy atom. The molecule has 0 saturated heterocycles. The van der Waals surface area contributed by atoms with Gasteiger partial charge in [-0.2, -0.15) is 0 Å². The van der Waals surface area contributed by atoms with Crippen LogP contribution in [-0.2, 0) is 0 Å². The zero-order valence-electron chi connectivity index (χ0n) is 5.02. The van der Waals surface area contributed by atoms with Crippen LogP contribution in [0.5, 0.6) is 0 Å². The van der Waals surface area contributed by atoms with Gasteiger partial charge in [0.05, 0.1) is 0 Å². The van der Waals surface area contributed by atoms with E-state index < -0.39 is 10.9 Å². The molecule has 0 aliphatic carbocycles. The van der Waals surface area contributed by atoms with Crippen molar-refractivity contribution in [3.05, 3.63) is 24.4 Å². The Balaban J connectivity index is 2.70. The fraction of sp³-hybridized carbons (Fsp3) is 0.333. The number of halogens is 3. The molecule has 1 N–H and O–H groups in total. The Kier molecular flexibility index (Phi) is 2.08. The van der Waals surface area contributed by atoms with Crippen molar-refractivity contribution in [1.29, 1.82) is 0 Å². The lowest BCUT2D eigenvalue weighted by molar-refractivity contribution is 0.111. The summed E-state index contributed by atoms with van der Waals surface area (Å²) in [6.07, 6.45) is 3.62. The van der Waals surface area contributed by atoms with E-state index in [1.165, 1.54) is 12.3 Å². The van der Waals surface area contributed by atoms with Crippen molar-refractivity contribution in [3.63, 3.8) is 0 Å². The van der Waals surface area contributed by atoms with Crippen LogP contribution in [0.25, 0.3) is 0 Å². The van der Waals surface area contributed by atoms with Gasteiger partial charge in [0.2, 0.25) is 0 Å². The van der Waals surface area contributed by atoms with Crippen molar-refractivity contribution < 1.29 is 8.78 Å². The predicted octanol–water partition coefficient (Wildman–Crippen LogP) is 2.02. The Morgan fingerprint density at radius 1 is 1.40 bits per heavy atom. The molecule has 0 amide bonds. The van der Waals surface area contributed by atoms with Gasteiger partial charge in [0, 0.05) is 0 Å². The quantitative estimate of drug-likeness (QED) is 0.515. The Hall–Kier alpha value is -0.380. The molecule has 1 atom stereocenters. The average molecular weight is 210 g/mol. The lowest BCUT2D eigenvalue weighted by Gasteiger charge is -2.24. The van der Waals surface area contributed by atoms with Gasteiger partial charge < -0.3 is 5.32 Å². The summed E-state index contributed by atoms with van der Waals surface area (Å²) in [4.78, 5) is 0. The van der Waals surface area contributed by atoms with Crippen LogP contribution in [0, 0.1) is 0 Å². The maximum absolute atomic E-state index is 12.1. The Labute approximate surface area is 65.9 Å². The topological polar surface area (TPSA) is 12.0 Å². The Bertz CT molecular complexity index is 179. The van der Waals surface area contributed by atoms with E-state index in [0.717, 1.165) is 0 Å². The molecule has 0 bridgehead atoms. The highest BCUT2D eigenvalue weighted by Gasteiger charge is 2.33. The number of dihydropyridines is 1. The van der Waals surface area contributed by atoms with Gasteiger partial charge >= 0.3 is 0 Å². The third-order valence-corrected chi connectivity index (χ3v) is 2.01. The standard InChI is InChI=1S/C6H6BrF2N/c7-6(5(8)9)3-1-2-4-10-6/h1-5,10H. The molecule has 4 heteroatoms. The highest BCUT2D eigenvalue weighted by molar-refractivity contribution is 9.10. The molecule has 1 nitrogen and oxygen atoms in total. The first-order valence-electron chi connectivity index (χ1n) is 2.74. The monoisotopic (exact) mass is 209 g/mol. The number of allylic oxidation sites excluding steroid dienone is 2. The van der Waals surface area contributed by atoms with E-state index in [4.69, 9.17) is 0 Å². The molecule has 0 aromatic rings. The van der Waals surface area contributed by atoms with Crippen molar-refractivity contribution in [2.75, 3.05) is 0 Å². The van der Waals surface area contributed by atoms with Crippen LogP contribution in [0.15, 0.2) is 24.4 Å². The fourth-order valence-electron chi connectivity index (χ4n) is 0.611. The van der Waals surface area contributed by atoms with Crippen LogP contribution >= 0.6 is 15.9 Å². The third kappa shape index (κ3) is 1.37. The Morgan fingerprint density at radius 2 is 2.10 bits per heavy atom. The predicted molar refractivity (Wildman–Crippen MR) is 39.1 cm³/mol. The van der Waals surface area contributed by atoms with Gasteiger partial charge in [-0.25, -0.2) is 8.78 Å². The zero-order chi connectivity index (χ0) is 7.61. The molecule has 0 radical (unpaired) electrons. The van der Waals surface area contributed by atoms with Crippen LogP contribution in [-0.4, -0.2) is 10.9 Å². The van der Waals surface area contributed by atoms with E-state index in [-0.39, 0.29) is 0 Å². The number of alkyl halides is 3. The summed E-state index contributed by atoms with van der Waals surface area (Å²) < 4.78 is 22.9. The number of hydrogen-bond acceptors (Lipinski definition) is 1. The van der Waals surface area contributed by atoms with Gasteiger partial charge in [-0.15, -0.1) is 0 Å².